The summed E-state index contributed by atoms with van der Waals surface area (Å²) in [5.74, 6) is -0.144. The molecule has 0 radical (unpaired) electrons. The quantitative estimate of drug-likeness (QED) is 0.690. The second-order valence-electron chi connectivity index (χ2n) is 9.41. The van der Waals surface area contributed by atoms with Crippen molar-refractivity contribution in [2.75, 3.05) is 29.4 Å². The van der Waals surface area contributed by atoms with E-state index in [1.165, 1.54) is 0 Å². The van der Waals surface area contributed by atoms with Crippen molar-refractivity contribution in [1.29, 1.82) is 0 Å². The molecule has 32 heavy (non-hydrogen) atoms. The molecule has 2 saturated heterocycles. The molecule has 2 aromatic carbocycles. The normalized spacial score (nSPS) is 24.0. The topological polar surface area (TPSA) is 60.9 Å². The minimum absolute atomic E-state index is 0.0364. The first-order valence-corrected chi connectivity index (χ1v) is 11.8. The van der Waals surface area contributed by atoms with Gasteiger partial charge >= 0.3 is 0 Å². The second-order valence-corrected chi connectivity index (χ2v) is 9.85. The fourth-order valence-corrected chi connectivity index (χ4v) is 4.98. The Hall–Kier alpha value is -2.37. The van der Waals surface area contributed by atoms with Crippen molar-refractivity contribution < 1.29 is 14.7 Å². The van der Waals surface area contributed by atoms with Crippen LogP contribution in [0.5, 0.6) is 0 Å². The maximum atomic E-state index is 13.1. The molecule has 1 N–H and O–H groups in total. The van der Waals surface area contributed by atoms with E-state index in [1.54, 1.807) is 12.1 Å². The number of anilines is 2. The maximum Gasteiger partial charge on any atom is 0.230 e. The summed E-state index contributed by atoms with van der Waals surface area (Å²) in [6, 6.07) is 15.3. The Labute approximate surface area is 195 Å². The van der Waals surface area contributed by atoms with Crippen LogP contribution in [0.15, 0.2) is 48.5 Å². The van der Waals surface area contributed by atoms with Gasteiger partial charge in [0.15, 0.2) is 0 Å². The van der Waals surface area contributed by atoms with Gasteiger partial charge in [-0.1, -0.05) is 23.7 Å². The Bertz CT molecular complexity index is 956. The van der Waals surface area contributed by atoms with Crippen molar-refractivity contribution >= 4 is 34.7 Å². The number of halogens is 1. The number of carbonyl (C=O) groups is 2. The van der Waals surface area contributed by atoms with Gasteiger partial charge in [-0.3, -0.25) is 9.59 Å². The molecular formula is C26H31ClN2O3. The third-order valence-electron chi connectivity index (χ3n) is 6.54. The number of nitrogens with zero attached hydrogens (tertiary/aromatic N) is 2. The zero-order valence-corrected chi connectivity index (χ0v) is 19.4. The summed E-state index contributed by atoms with van der Waals surface area (Å²) in [4.78, 5) is 29.8. The predicted molar refractivity (Wildman–Crippen MR) is 128 cm³/mol. The van der Waals surface area contributed by atoms with E-state index in [1.807, 2.05) is 48.2 Å². The van der Waals surface area contributed by atoms with Crippen molar-refractivity contribution in [2.24, 2.45) is 5.92 Å². The van der Waals surface area contributed by atoms with Gasteiger partial charge in [0.1, 0.15) is 5.78 Å². The zero-order chi connectivity index (χ0) is 22.7. The first-order valence-electron chi connectivity index (χ1n) is 11.5. The summed E-state index contributed by atoms with van der Waals surface area (Å²) >= 11 is 5.91. The molecule has 2 atom stereocenters. The summed E-state index contributed by atoms with van der Waals surface area (Å²) < 4.78 is 0. The van der Waals surface area contributed by atoms with E-state index >= 15 is 0 Å². The maximum absolute atomic E-state index is 13.1. The van der Waals surface area contributed by atoms with Crippen molar-refractivity contribution in [3.63, 3.8) is 0 Å². The Morgan fingerprint density at radius 2 is 1.75 bits per heavy atom. The summed E-state index contributed by atoms with van der Waals surface area (Å²) in [6.45, 7) is 4.11. The molecule has 4 rings (SSSR count). The third kappa shape index (κ3) is 5.51. The zero-order valence-electron chi connectivity index (χ0n) is 18.6. The number of aliphatic hydroxyl groups is 1. The number of amides is 1. The van der Waals surface area contributed by atoms with Crippen LogP contribution in [0.1, 0.15) is 44.6 Å². The molecule has 5 nitrogen and oxygen atoms in total. The van der Waals surface area contributed by atoms with Crippen molar-refractivity contribution in [2.45, 2.75) is 51.0 Å². The third-order valence-corrected chi connectivity index (χ3v) is 6.79. The molecule has 2 aliphatic rings. The molecule has 1 unspecified atom stereocenters. The summed E-state index contributed by atoms with van der Waals surface area (Å²) in [7, 11) is 0. The van der Waals surface area contributed by atoms with E-state index < -0.39 is 5.60 Å². The number of β-amino-alcohol motifs (C(OH)–C–C–N with tert-alkyl or cyclic N) is 1. The van der Waals surface area contributed by atoms with Crippen LogP contribution in [0.4, 0.5) is 11.4 Å². The van der Waals surface area contributed by atoms with Gasteiger partial charge in [-0.2, -0.15) is 0 Å². The Morgan fingerprint density at radius 1 is 1.06 bits per heavy atom. The minimum atomic E-state index is -0.661. The minimum Gasteiger partial charge on any atom is -0.388 e. The molecule has 170 valence electrons. The lowest BCUT2D eigenvalue weighted by Gasteiger charge is -2.38. The van der Waals surface area contributed by atoms with Crippen LogP contribution in [0, 0.1) is 5.92 Å². The SMILES string of the molecule is CC1(O)CCCN(c2ccc(N3CCC[C@@H](CC(=O)Cc4ccc(Cl)cc4)C3=O)cc2)C1. The molecule has 0 aliphatic carbocycles. The van der Waals surface area contributed by atoms with Gasteiger partial charge in [-0.25, -0.2) is 0 Å². The van der Waals surface area contributed by atoms with Crippen molar-refractivity contribution in [3.8, 4) is 0 Å². The fourth-order valence-electron chi connectivity index (χ4n) is 4.86. The van der Waals surface area contributed by atoms with Gasteiger partial charge in [0, 0.05) is 54.8 Å². The molecule has 2 aliphatic heterocycles. The van der Waals surface area contributed by atoms with Gasteiger partial charge in [0.2, 0.25) is 5.91 Å². The number of ketones is 1. The van der Waals surface area contributed by atoms with Gasteiger partial charge < -0.3 is 14.9 Å². The number of carbonyl (C=O) groups excluding carboxylic acids is 2. The molecule has 0 spiro atoms. The number of hydrogen-bond acceptors (Lipinski definition) is 4. The molecule has 2 heterocycles. The van der Waals surface area contributed by atoms with E-state index in [0.29, 0.717) is 24.5 Å². The summed E-state index contributed by atoms with van der Waals surface area (Å²) in [5, 5.41) is 11.0. The lowest BCUT2D eigenvalue weighted by Crippen LogP contribution is -2.46. The van der Waals surface area contributed by atoms with Crippen molar-refractivity contribution in [1.82, 2.24) is 0 Å². The number of hydrogen-bond donors (Lipinski definition) is 1. The highest BCUT2D eigenvalue weighted by molar-refractivity contribution is 6.30. The summed E-state index contributed by atoms with van der Waals surface area (Å²) in [6.07, 6.45) is 4.03. The Kier molecular flexibility index (Phi) is 6.87. The predicted octanol–water partition coefficient (Wildman–Crippen LogP) is 4.64. The molecule has 6 heteroatoms. The van der Waals surface area contributed by atoms with E-state index in [9.17, 15) is 14.7 Å². The number of benzene rings is 2. The lowest BCUT2D eigenvalue weighted by molar-refractivity contribution is -0.128. The van der Waals surface area contributed by atoms with Crippen LogP contribution in [0.3, 0.4) is 0 Å². The number of rotatable bonds is 6. The van der Waals surface area contributed by atoms with Gasteiger partial charge in [0.25, 0.3) is 0 Å². The molecule has 0 bridgehead atoms. The Balaban J connectivity index is 1.38. The van der Waals surface area contributed by atoms with Crippen LogP contribution >= 0.6 is 11.6 Å². The number of Topliss-reactive ketones (excluding diaryl/α,β-unsaturated/α-hetero) is 1. The number of piperidine rings is 2. The monoisotopic (exact) mass is 454 g/mol. The molecule has 2 aromatic rings. The smallest absolute Gasteiger partial charge is 0.230 e. The Morgan fingerprint density at radius 3 is 2.44 bits per heavy atom. The molecule has 0 saturated carbocycles. The summed E-state index contributed by atoms with van der Waals surface area (Å²) in [5.41, 5.74) is 2.20. The van der Waals surface area contributed by atoms with Crippen LogP contribution in [0.2, 0.25) is 5.02 Å². The first-order chi connectivity index (χ1) is 15.3. The van der Waals surface area contributed by atoms with Crippen LogP contribution in [-0.2, 0) is 16.0 Å². The average Bonchev–Trinajstić information content (AvgIpc) is 2.76. The largest absolute Gasteiger partial charge is 0.388 e. The van der Waals surface area contributed by atoms with Crippen LogP contribution in [-0.4, -0.2) is 42.0 Å². The van der Waals surface area contributed by atoms with Gasteiger partial charge in [-0.05, 0) is 74.6 Å². The van der Waals surface area contributed by atoms with Crippen LogP contribution in [0.25, 0.3) is 0 Å². The average molecular weight is 455 g/mol. The van der Waals surface area contributed by atoms with E-state index in [2.05, 4.69) is 4.90 Å². The van der Waals surface area contributed by atoms with Crippen LogP contribution < -0.4 is 9.80 Å². The van der Waals surface area contributed by atoms with Crippen molar-refractivity contribution in [3.05, 3.63) is 59.1 Å². The van der Waals surface area contributed by atoms with Gasteiger partial charge in [0.05, 0.1) is 5.60 Å². The van der Waals surface area contributed by atoms with Gasteiger partial charge in [-0.15, -0.1) is 0 Å². The lowest BCUT2D eigenvalue weighted by atomic mass is 9.90. The van der Waals surface area contributed by atoms with E-state index in [-0.39, 0.29) is 24.0 Å². The highest BCUT2D eigenvalue weighted by Gasteiger charge is 2.32. The highest BCUT2D eigenvalue weighted by atomic mass is 35.5. The molecule has 0 aromatic heterocycles. The van der Waals surface area contributed by atoms with E-state index in [4.69, 9.17) is 11.6 Å². The molecule has 2 fully saturated rings. The standard InChI is InChI=1S/C26H31ClN2O3/c1-26(32)13-3-14-28(18-26)22-9-11-23(12-10-22)29-15-2-4-20(25(29)31)17-24(30)16-19-5-7-21(27)8-6-19/h5-12,20,32H,2-4,13-18H2,1H3/t20-,26?/m0/s1. The molecule has 1 amide bonds. The first kappa shape index (κ1) is 22.8. The van der Waals surface area contributed by atoms with E-state index in [0.717, 1.165) is 49.2 Å². The highest BCUT2D eigenvalue weighted by Crippen LogP contribution is 2.30. The molecular weight excluding hydrogens is 424 g/mol. The fraction of sp³-hybridized carbons (Fsp3) is 0.462. The second kappa shape index (κ2) is 9.63.